The van der Waals surface area contributed by atoms with Gasteiger partial charge in [-0.1, -0.05) is 16.6 Å². The number of rotatable bonds is 2. The van der Waals surface area contributed by atoms with Gasteiger partial charge < -0.3 is 9.64 Å². The van der Waals surface area contributed by atoms with Crippen LogP contribution in [-0.4, -0.2) is 46.6 Å². The maximum absolute atomic E-state index is 14.1. The summed E-state index contributed by atoms with van der Waals surface area (Å²) < 4.78 is 21.2. The first-order valence-electron chi connectivity index (χ1n) is 8.45. The molecule has 0 unspecified atom stereocenters. The van der Waals surface area contributed by atoms with Crippen LogP contribution in [0.15, 0.2) is 29.1 Å². The molecule has 4 rings (SSSR count). The van der Waals surface area contributed by atoms with Gasteiger partial charge in [-0.3, -0.25) is 4.57 Å². The standard InChI is InChI=1S/C17H22FN3O2.ClH/c18-21-16-4-2-1-3-15(16)20(17(21)22)14-5-9-19(10-6-14)13-7-11-23-12-8-13;/h1-4,13-14H,5-12H2;1H. The lowest BCUT2D eigenvalue weighted by Crippen LogP contribution is -2.45. The van der Waals surface area contributed by atoms with Crippen molar-refractivity contribution in [3.8, 4) is 0 Å². The quantitative estimate of drug-likeness (QED) is 0.831. The molecule has 24 heavy (non-hydrogen) atoms. The predicted molar refractivity (Wildman–Crippen MR) is 93.6 cm³/mol. The summed E-state index contributed by atoms with van der Waals surface area (Å²) >= 11 is 0. The van der Waals surface area contributed by atoms with Crippen molar-refractivity contribution in [3.63, 3.8) is 0 Å². The van der Waals surface area contributed by atoms with E-state index in [4.69, 9.17) is 4.74 Å². The molecule has 7 heteroatoms. The molecule has 2 aliphatic rings. The Bertz CT molecular complexity index is 746. The number of hydrogen-bond donors (Lipinski definition) is 0. The van der Waals surface area contributed by atoms with Crippen molar-refractivity contribution in [3.05, 3.63) is 34.7 Å². The minimum Gasteiger partial charge on any atom is -0.381 e. The van der Waals surface area contributed by atoms with Gasteiger partial charge in [-0.25, -0.2) is 4.79 Å². The van der Waals surface area contributed by atoms with Crippen LogP contribution >= 0.6 is 12.4 Å². The molecule has 0 aliphatic carbocycles. The van der Waals surface area contributed by atoms with Crippen LogP contribution in [0.4, 0.5) is 4.48 Å². The monoisotopic (exact) mass is 355 g/mol. The summed E-state index contributed by atoms with van der Waals surface area (Å²) in [6.45, 7) is 3.62. The van der Waals surface area contributed by atoms with Gasteiger partial charge in [0.2, 0.25) is 0 Å². The molecule has 0 N–H and O–H groups in total. The lowest BCUT2D eigenvalue weighted by atomic mass is 9.99. The van der Waals surface area contributed by atoms with Crippen LogP contribution in [0, 0.1) is 0 Å². The highest BCUT2D eigenvalue weighted by Crippen LogP contribution is 2.28. The fraction of sp³-hybridized carbons (Fsp3) is 0.588. The minimum atomic E-state index is -0.546. The highest BCUT2D eigenvalue weighted by molar-refractivity contribution is 5.85. The fourth-order valence-corrected chi connectivity index (χ4v) is 4.05. The molecular formula is C17H23ClFN3O2. The van der Waals surface area contributed by atoms with Gasteiger partial charge in [0.25, 0.3) is 0 Å². The lowest BCUT2D eigenvalue weighted by molar-refractivity contribution is 0.0219. The summed E-state index contributed by atoms with van der Waals surface area (Å²) in [7, 11) is 0. The Morgan fingerprint density at radius 2 is 1.58 bits per heavy atom. The second kappa shape index (κ2) is 7.25. The molecule has 0 radical (unpaired) electrons. The van der Waals surface area contributed by atoms with E-state index >= 15 is 0 Å². The minimum absolute atomic E-state index is 0. The van der Waals surface area contributed by atoms with E-state index in [2.05, 4.69) is 4.90 Å². The first-order valence-corrected chi connectivity index (χ1v) is 8.45. The molecule has 2 saturated heterocycles. The SMILES string of the molecule is Cl.O=c1n(F)c2ccccc2n1C1CCN(C2CCOCC2)CC1. The van der Waals surface area contributed by atoms with E-state index in [1.165, 1.54) is 0 Å². The molecule has 0 saturated carbocycles. The van der Waals surface area contributed by atoms with E-state index in [-0.39, 0.29) is 23.2 Å². The van der Waals surface area contributed by atoms with E-state index in [0.29, 0.717) is 17.1 Å². The van der Waals surface area contributed by atoms with Gasteiger partial charge in [-0.05, 0) is 37.8 Å². The van der Waals surface area contributed by atoms with Crippen LogP contribution in [0.3, 0.4) is 0 Å². The summed E-state index contributed by atoms with van der Waals surface area (Å²) in [6, 6.07) is 7.79. The predicted octanol–water partition coefficient (Wildman–Crippen LogP) is 2.77. The van der Waals surface area contributed by atoms with Gasteiger partial charge in [-0.2, -0.15) is 0 Å². The Balaban J connectivity index is 0.00000169. The highest BCUT2D eigenvalue weighted by Gasteiger charge is 2.29. The molecule has 0 bridgehead atoms. The van der Waals surface area contributed by atoms with Gasteiger partial charge in [0, 0.05) is 38.4 Å². The van der Waals surface area contributed by atoms with Crippen molar-refractivity contribution in [1.29, 1.82) is 0 Å². The molecule has 0 atom stereocenters. The fourth-order valence-electron chi connectivity index (χ4n) is 4.05. The molecule has 1 aromatic carbocycles. The van der Waals surface area contributed by atoms with E-state index in [9.17, 15) is 9.28 Å². The number of ether oxygens (including phenoxy) is 1. The molecule has 2 aromatic rings. The number of aromatic nitrogens is 2. The van der Waals surface area contributed by atoms with Crippen LogP contribution in [-0.2, 0) is 4.74 Å². The van der Waals surface area contributed by atoms with Crippen LogP contribution in [0.25, 0.3) is 11.0 Å². The molecule has 2 fully saturated rings. The number of para-hydroxylation sites is 2. The van der Waals surface area contributed by atoms with Gasteiger partial charge >= 0.3 is 5.69 Å². The van der Waals surface area contributed by atoms with Crippen molar-refractivity contribution in [2.45, 2.75) is 37.8 Å². The Morgan fingerprint density at radius 3 is 2.25 bits per heavy atom. The molecule has 5 nitrogen and oxygen atoms in total. The zero-order valence-corrected chi connectivity index (χ0v) is 14.4. The third kappa shape index (κ3) is 2.98. The maximum atomic E-state index is 14.1. The number of hydrogen-bond acceptors (Lipinski definition) is 3. The van der Waals surface area contributed by atoms with Gasteiger partial charge in [0.15, 0.2) is 0 Å². The van der Waals surface area contributed by atoms with Crippen LogP contribution in [0.1, 0.15) is 31.7 Å². The first-order chi connectivity index (χ1) is 11.3. The third-order valence-corrected chi connectivity index (χ3v) is 5.30. The Kier molecular flexibility index (Phi) is 5.27. The molecular weight excluding hydrogens is 333 g/mol. The van der Waals surface area contributed by atoms with E-state index in [0.717, 1.165) is 52.0 Å². The van der Waals surface area contributed by atoms with Crippen molar-refractivity contribution in [1.82, 2.24) is 14.3 Å². The van der Waals surface area contributed by atoms with Gasteiger partial charge in [0.1, 0.15) is 5.52 Å². The van der Waals surface area contributed by atoms with Crippen molar-refractivity contribution < 1.29 is 9.22 Å². The highest BCUT2D eigenvalue weighted by atomic mass is 35.5. The third-order valence-electron chi connectivity index (χ3n) is 5.30. The molecule has 0 spiro atoms. The Labute approximate surface area is 146 Å². The lowest BCUT2D eigenvalue weighted by Gasteiger charge is -2.39. The number of piperidine rings is 1. The number of benzene rings is 1. The summed E-state index contributed by atoms with van der Waals surface area (Å²) in [5.41, 5.74) is 0.518. The summed E-state index contributed by atoms with van der Waals surface area (Å²) in [5, 5.41) is 0. The van der Waals surface area contributed by atoms with Gasteiger partial charge in [-0.15, -0.1) is 17.2 Å². The molecule has 2 aliphatic heterocycles. The molecule has 0 amide bonds. The topological polar surface area (TPSA) is 39.4 Å². The number of likely N-dealkylation sites (tertiary alicyclic amines) is 1. The summed E-state index contributed by atoms with van der Waals surface area (Å²) in [4.78, 5) is 15.1. The number of nitrogens with zero attached hydrogens (tertiary/aromatic N) is 3. The second-order valence-electron chi connectivity index (χ2n) is 6.53. The largest absolute Gasteiger partial charge is 0.381 e. The number of halogens is 2. The second-order valence-corrected chi connectivity index (χ2v) is 6.53. The van der Waals surface area contributed by atoms with Crippen LogP contribution < -0.4 is 5.69 Å². The average molecular weight is 356 g/mol. The number of imidazole rings is 1. The zero-order valence-electron chi connectivity index (χ0n) is 13.6. The first kappa shape index (κ1) is 17.5. The Morgan fingerprint density at radius 1 is 0.958 bits per heavy atom. The van der Waals surface area contributed by atoms with Crippen LogP contribution in [0.2, 0.25) is 0 Å². The Hall–Kier alpha value is -1.37. The molecule has 3 heterocycles. The van der Waals surface area contributed by atoms with Crippen molar-refractivity contribution >= 4 is 23.4 Å². The maximum Gasteiger partial charge on any atom is 0.357 e. The smallest absolute Gasteiger partial charge is 0.357 e. The van der Waals surface area contributed by atoms with Crippen molar-refractivity contribution in [2.75, 3.05) is 26.3 Å². The number of fused-ring (bicyclic) bond motifs is 1. The average Bonchev–Trinajstić information content (AvgIpc) is 2.87. The van der Waals surface area contributed by atoms with E-state index in [1.807, 2.05) is 12.1 Å². The normalized spacial score (nSPS) is 21.0. The molecule has 1 aromatic heterocycles. The molecule has 132 valence electrons. The zero-order chi connectivity index (χ0) is 15.8. The van der Waals surface area contributed by atoms with E-state index < -0.39 is 5.69 Å². The van der Waals surface area contributed by atoms with Crippen molar-refractivity contribution in [2.24, 2.45) is 0 Å². The van der Waals surface area contributed by atoms with Crippen LogP contribution in [0.5, 0.6) is 0 Å². The summed E-state index contributed by atoms with van der Waals surface area (Å²) in [6.07, 6.45) is 3.97. The van der Waals surface area contributed by atoms with E-state index in [1.54, 1.807) is 16.7 Å². The summed E-state index contributed by atoms with van der Waals surface area (Å²) in [5.74, 6) is 0. The van der Waals surface area contributed by atoms with Gasteiger partial charge in [0.05, 0.1) is 5.52 Å².